The van der Waals surface area contributed by atoms with Crippen LogP contribution in [0.3, 0.4) is 0 Å². The number of allylic oxidation sites excluding steroid dienone is 1. The molecule has 1 heterocycles. The maximum absolute atomic E-state index is 9.94. The second-order valence-electron chi connectivity index (χ2n) is 5.63. The molecule has 1 aliphatic heterocycles. The van der Waals surface area contributed by atoms with Gasteiger partial charge in [0.1, 0.15) is 11.6 Å². The van der Waals surface area contributed by atoms with E-state index < -0.39 is 0 Å². The van der Waals surface area contributed by atoms with Gasteiger partial charge in [0.05, 0.1) is 11.7 Å². The summed E-state index contributed by atoms with van der Waals surface area (Å²) in [4.78, 5) is 2.08. The number of rotatable bonds is 5. The van der Waals surface area contributed by atoms with Crippen molar-refractivity contribution in [1.82, 2.24) is 9.96 Å². The fourth-order valence-corrected chi connectivity index (χ4v) is 3.08. The Morgan fingerprint density at radius 3 is 2.58 bits per heavy atom. The monoisotopic (exact) mass is 351 g/mol. The van der Waals surface area contributed by atoms with E-state index in [2.05, 4.69) is 11.8 Å². The van der Waals surface area contributed by atoms with Crippen LogP contribution in [0.1, 0.15) is 12.5 Å². The summed E-state index contributed by atoms with van der Waals surface area (Å²) in [6.45, 7) is 4.22. The van der Waals surface area contributed by atoms with Crippen LogP contribution in [0.2, 0.25) is 0 Å². The van der Waals surface area contributed by atoms with Gasteiger partial charge in [-0.15, -0.1) is 0 Å². The summed E-state index contributed by atoms with van der Waals surface area (Å²) in [5.41, 5.74) is 19.5. The quantitative estimate of drug-likeness (QED) is 0.459. The standard InChI is InChI=1S/C16H25N5O2S/c1-11-10-20(7-8-21(11)23-24-2)14(16(18)19)9-13(17)12-5-3-4-6-15(12)22/h3-6,9,11,22H,7-8,10,17-19H2,1-2H3/b13-9-. The van der Waals surface area contributed by atoms with Gasteiger partial charge in [-0.05, 0) is 25.1 Å². The molecular formula is C16H25N5O2S. The lowest BCUT2D eigenvalue weighted by atomic mass is 10.1. The maximum Gasteiger partial charge on any atom is 0.124 e. The molecule has 1 aromatic rings. The van der Waals surface area contributed by atoms with Gasteiger partial charge in [-0.1, -0.05) is 12.1 Å². The second-order valence-corrected chi connectivity index (χ2v) is 6.12. The van der Waals surface area contributed by atoms with Gasteiger partial charge >= 0.3 is 0 Å². The first-order valence-electron chi connectivity index (χ1n) is 7.67. The molecule has 0 bridgehead atoms. The van der Waals surface area contributed by atoms with Gasteiger partial charge in [0.15, 0.2) is 0 Å². The third kappa shape index (κ3) is 4.28. The fraction of sp³-hybridized carbons (Fsp3) is 0.375. The SMILES string of the molecule is CSON1CCN(C(/C=C(\N)c2ccccc2O)=C(N)N)CC1C. The summed E-state index contributed by atoms with van der Waals surface area (Å²) in [6.07, 6.45) is 3.60. The molecule has 0 aromatic heterocycles. The lowest BCUT2D eigenvalue weighted by Gasteiger charge is -2.39. The smallest absolute Gasteiger partial charge is 0.124 e. The fourth-order valence-electron chi connectivity index (χ4n) is 2.67. The van der Waals surface area contributed by atoms with Crippen LogP contribution in [-0.4, -0.2) is 47.0 Å². The molecule has 1 aliphatic rings. The molecule has 0 amide bonds. The maximum atomic E-state index is 9.94. The van der Waals surface area contributed by atoms with Crippen LogP contribution in [0.5, 0.6) is 5.75 Å². The van der Waals surface area contributed by atoms with Crippen molar-refractivity contribution in [3.05, 3.63) is 47.4 Å². The van der Waals surface area contributed by atoms with Crippen LogP contribution in [0.4, 0.5) is 0 Å². The van der Waals surface area contributed by atoms with Gasteiger partial charge in [0, 0.05) is 49.2 Å². The van der Waals surface area contributed by atoms with E-state index in [9.17, 15) is 5.11 Å². The molecule has 7 N–H and O–H groups in total. The minimum absolute atomic E-state index is 0.118. The van der Waals surface area contributed by atoms with Gasteiger partial charge in [-0.25, -0.2) is 4.28 Å². The predicted molar refractivity (Wildman–Crippen MR) is 98.0 cm³/mol. The van der Waals surface area contributed by atoms with E-state index in [1.54, 1.807) is 24.3 Å². The summed E-state index contributed by atoms with van der Waals surface area (Å²) in [5, 5.41) is 11.9. The van der Waals surface area contributed by atoms with Crippen molar-refractivity contribution in [2.75, 3.05) is 25.9 Å². The first-order chi connectivity index (χ1) is 11.4. The van der Waals surface area contributed by atoms with Crippen molar-refractivity contribution in [3.63, 3.8) is 0 Å². The summed E-state index contributed by atoms with van der Waals surface area (Å²) in [7, 11) is 0. The number of benzene rings is 1. The number of nitrogens with two attached hydrogens (primary N) is 3. The van der Waals surface area contributed by atoms with Gasteiger partial charge in [-0.2, -0.15) is 5.06 Å². The predicted octanol–water partition coefficient (Wildman–Crippen LogP) is 0.994. The number of nitrogens with zero attached hydrogens (tertiary/aromatic N) is 2. The number of para-hydroxylation sites is 1. The topological polar surface area (TPSA) is 114 Å². The number of aromatic hydroxyl groups is 1. The lowest BCUT2D eigenvalue weighted by molar-refractivity contribution is -0.102. The zero-order valence-corrected chi connectivity index (χ0v) is 14.8. The van der Waals surface area contributed by atoms with E-state index in [4.69, 9.17) is 21.5 Å². The first kappa shape index (κ1) is 18.3. The van der Waals surface area contributed by atoms with E-state index in [-0.39, 0.29) is 17.6 Å². The number of piperazine rings is 1. The second kappa shape index (κ2) is 8.18. The molecule has 1 saturated heterocycles. The third-order valence-electron chi connectivity index (χ3n) is 3.88. The zero-order valence-electron chi connectivity index (χ0n) is 14.0. The normalized spacial score (nSPS) is 19.3. The molecule has 2 rings (SSSR count). The van der Waals surface area contributed by atoms with Crippen LogP contribution in [0.15, 0.2) is 41.9 Å². The lowest BCUT2D eigenvalue weighted by Crippen LogP contribution is -2.50. The molecule has 132 valence electrons. The Labute approximate surface area is 146 Å². The highest BCUT2D eigenvalue weighted by atomic mass is 32.2. The average Bonchev–Trinajstić information content (AvgIpc) is 2.54. The highest BCUT2D eigenvalue weighted by Gasteiger charge is 2.26. The molecular weight excluding hydrogens is 326 g/mol. The number of phenols is 1. The molecule has 7 nitrogen and oxygen atoms in total. The first-order valence-corrected chi connectivity index (χ1v) is 8.82. The molecule has 0 radical (unpaired) electrons. The Hall–Kier alpha value is -2.03. The Bertz CT molecular complexity index is 631. The number of hydroxylamine groups is 2. The Morgan fingerprint density at radius 2 is 2.00 bits per heavy atom. The largest absolute Gasteiger partial charge is 0.507 e. The number of phenolic OH excluding ortho intramolecular Hbond substituents is 1. The van der Waals surface area contributed by atoms with E-state index in [1.165, 1.54) is 12.0 Å². The Kier molecular flexibility index (Phi) is 6.24. The van der Waals surface area contributed by atoms with Crippen molar-refractivity contribution in [1.29, 1.82) is 0 Å². The molecule has 1 aromatic carbocycles. The van der Waals surface area contributed by atoms with E-state index >= 15 is 0 Å². The molecule has 0 aliphatic carbocycles. The Balaban J connectivity index is 2.21. The zero-order chi connectivity index (χ0) is 17.7. The van der Waals surface area contributed by atoms with Gasteiger partial charge in [0.2, 0.25) is 0 Å². The minimum Gasteiger partial charge on any atom is -0.507 e. The summed E-state index contributed by atoms with van der Waals surface area (Å²) >= 11 is 1.32. The highest BCUT2D eigenvalue weighted by Crippen LogP contribution is 2.24. The van der Waals surface area contributed by atoms with E-state index in [0.29, 0.717) is 30.0 Å². The highest BCUT2D eigenvalue weighted by molar-refractivity contribution is 7.93. The average molecular weight is 351 g/mol. The van der Waals surface area contributed by atoms with E-state index in [1.807, 2.05) is 17.4 Å². The van der Waals surface area contributed by atoms with Gasteiger partial charge < -0.3 is 27.2 Å². The summed E-state index contributed by atoms with van der Waals surface area (Å²) in [6, 6.07) is 7.07. The van der Waals surface area contributed by atoms with Crippen molar-refractivity contribution in [3.8, 4) is 5.75 Å². The van der Waals surface area contributed by atoms with Crippen molar-refractivity contribution in [2.45, 2.75) is 13.0 Å². The van der Waals surface area contributed by atoms with Crippen LogP contribution < -0.4 is 17.2 Å². The Morgan fingerprint density at radius 1 is 1.29 bits per heavy atom. The van der Waals surface area contributed by atoms with Crippen molar-refractivity contribution in [2.24, 2.45) is 17.2 Å². The summed E-state index contributed by atoms with van der Waals surface area (Å²) in [5.74, 6) is 0.313. The minimum atomic E-state index is 0.118. The molecule has 1 atom stereocenters. The van der Waals surface area contributed by atoms with Crippen molar-refractivity contribution >= 4 is 17.7 Å². The van der Waals surface area contributed by atoms with Crippen LogP contribution in [0, 0.1) is 0 Å². The van der Waals surface area contributed by atoms with Crippen LogP contribution in [-0.2, 0) is 4.28 Å². The third-order valence-corrected chi connectivity index (χ3v) is 4.22. The molecule has 1 fully saturated rings. The van der Waals surface area contributed by atoms with Crippen LogP contribution in [0.25, 0.3) is 5.70 Å². The van der Waals surface area contributed by atoms with Crippen molar-refractivity contribution < 1.29 is 9.39 Å². The molecule has 0 spiro atoms. The number of hydrogen-bond acceptors (Lipinski definition) is 8. The molecule has 24 heavy (non-hydrogen) atoms. The molecule has 1 unspecified atom stereocenters. The number of hydrogen-bond donors (Lipinski definition) is 4. The van der Waals surface area contributed by atoms with Crippen LogP contribution >= 0.6 is 12.0 Å². The van der Waals surface area contributed by atoms with Gasteiger partial charge in [-0.3, -0.25) is 0 Å². The van der Waals surface area contributed by atoms with E-state index in [0.717, 1.165) is 6.54 Å². The molecule has 8 heteroatoms. The van der Waals surface area contributed by atoms with Gasteiger partial charge in [0.25, 0.3) is 0 Å². The molecule has 0 saturated carbocycles. The summed E-state index contributed by atoms with van der Waals surface area (Å²) < 4.78 is 5.52.